The first-order chi connectivity index (χ1) is 14.6. The fraction of sp³-hybridized carbons (Fsp3) is 0.429. The minimum Gasteiger partial charge on any atom is -0.464 e. The van der Waals surface area contributed by atoms with Gasteiger partial charge in [-0.2, -0.15) is 21.6 Å². The van der Waals surface area contributed by atoms with Crippen molar-refractivity contribution in [2.45, 2.75) is 51.8 Å². The molecule has 32 heavy (non-hydrogen) atoms. The summed E-state index contributed by atoms with van der Waals surface area (Å²) < 4.78 is 78.6. The van der Waals surface area contributed by atoms with E-state index in [1.165, 1.54) is 38.1 Å². The van der Waals surface area contributed by atoms with Crippen LogP contribution in [-0.4, -0.2) is 32.1 Å². The molecule has 0 aliphatic rings. The Hall–Kier alpha value is -2.84. The van der Waals surface area contributed by atoms with E-state index in [1.54, 1.807) is 20.8 Å². The van der Waals surface area contributed by atoms with E-state index in [9.17, 15) is 26.4 Å². The second-order valence-corrected chi connectivity index (χ2v) is 9.34. The Labute approximate surface area is 184 Å². The number of alkyl halides is 3. The molecule has 0 fully saturated rings. The third kappa shape index (κ3) is 5.49. The first kappa shape index (κ1) is 25.4. The number of carbonyl (C=O) groups is 1. The summed E-state index contributed by atoms with van der Waals surface area (Å²) in [5, 5.41) is 0.211. The van der Waals surface area contributed by atoms with Crippen LogP contribution in [0.15, 0.2) is 24.3 Å². The highest BCUT2D eigenvalue weighted by atomic mass is 32.2. The number of halogens is 3. The molecule has 2 rings (SSSR count). The highest BCUT2D eigenvalue weighted by molar-refractivity contribution is 7.88. The molecule has 0 aliphatic carbocycles. The van der Waals surface area contributed by atoms with E-state index in [0.29, 0.717) is 0 Å². The Morgan fingerprint density at radius 1 is 1.19 bits per heavy atom. The van der Waals surface area contributed by atoms with Gasteiger partial charge in [-0.3, -0.25) is 0 Å². The third-order valence-corrected chi connectivity index (χ3v) is 5.11. The van der Waals surface area contributed by atoms with E-state index in [-0.39, 0.29) is 34.2 Å². The Kier molecular flexibility index (Phi) is 7.11. The predicted molar refractivity (Wildman–Crippen MR) is 111 cm³/mol. The number of ether oxygens (including phenoxy) is 2. The average Bonchev–Trinajstić information content (AvgIpc) is 2.64. The van der Waals surface area contributed by atoms with Crippen LogP contribution in [0.2, 0.25) is 0 Å². The molecule has 0 bridgehead atoms. The number of carbonyl (C=O) groups excluding carboxylic acids is 1. The van der Waals surface area contributed by atoms with Gasteiger partial charge in [0.1, 0.15) is 0 Å². The molecule has 11 heteroatoms. The van der Waals surface area contributed by atoms with E-state index >= 15 is 0 Å². The topological polar surface area (TPSA) is 83.3 Å². The van der Waals surface area contributed by atoms with Crippen molar-refractivity contribution in [1.29, 1.82) is 0 Å². The molecule has 1 atom stereocenters. The number of hydrogen-bond acceptors (Lipinski definition) is 6. The van der Waals surface area contributed by atoms with Crippen LogP contribution >= 0.6 is 0 Å². The summed E-state index contributed by atoms with van der Waals surface area (Å²) in [5.74, 6) is -1.63. The number of hydrogen-bond donors (Lipinski definition) is 0. The SMILES string of the molecule is [C-]#[N+]c1ccc2c(OS(=O)(=O)C(F)(F)F)c([C@H](OC(C)(C)C)C(=O)OCC)c(C)cc2c1. The van der Waals surface area contributed by atoms with Gasteiger partial charge < -0.3 is 13.7 Å². The number of aryl methyl sites for hydroxylation is 1. The molecule has 0 heterocycles. The molecule has 2 aromatic carbocycles. The van der Waals surface area contributed by atoms with Crippen molar-refractivity contribution in [3.05, 3.63) is 46.8 Å². The Morgan fingerprint density at radius 3 is 2.31 bits per heavy atom. The summed E-state index contributed by atoms with van der Waals surface area (Å²) in [7, 11) is -6.08. The van der Waals surface area contributed by atoms with Gasteiger partial charge in [0, 0.05) is 10.9 Å². The maximum absolute atomic E-state index is 13.1. The first-order valence-corrected chi connectivity index (χ1v) is 10.8. The van der Waals surface area contributed by atoms with E-state index in [1.807, 2.05) is 0 Å². The smallest absolute Gasteiger partial charge is 0.464 e. The number of fused-ring (bicyclic) bond motifs is 1. The maximum atomic E-state index is 13.1. The van der Waals surface area contributed by atoms with Crippen molar-refractivity contribution in [3.8, 4) is 5.75 Å². The Bertz CT molecular complexity index is 1180. The average molecular weight is 473 g/mol. The fourth-order valence-corrected chi connectivity index (χ4v) is 3.44. The van der Waals surface area contributed by atoms with Gasteiger partial charge in [-0.25, -0.2) is 9.64 Å². The standard InChI is InChI=1S/C21H22F3NO6S/c1-7-29-19(26)18(30-20(3,4)5)16-12(2)10-13-11-14(25-6)8-9-15(13)17(16)31-32(27,28)21(22,23)24/h8-11,18H,7H2,1-5H3/t18-/m0/s1. The van der Waals surface area contributed by atoms with Gasteiger partial charge in [0.15, 0.2) is 17.5 Å². The normalized spacial score (nSPS) is 13.5. The van der Waals surface area contributed by atoms with Crippen LogP contribution < -0.4 is 4.18 Å². The van der Waals surface area contributed by atoms with Gasteiger partial charge in [-0.15, -0.1) is 0 Å². The molecular formula is C21H22F3NO6S. The fourth-order valence-electron chi connectivity index (χ4n) is 2.95. The Morgan fingerprint density at radius 2 is 1.81 bits per heavy atom. The van der Waals surface area contributed by atoms with Crippen LogP contribution in [-0.2, 0) is 24.4 Å². The lowest BCUT2D eigenvalue weighted by molar-refractivity contribution is -0.167. The monoisotopic (exact) mass is 473 g/mol. The number of benzene rings is 2. The molecular weight excluding hydrogens is 451 g/mol. The molecule has 0 aliphatic heterocycles. The highest BCUT2D eigenvalue weighted by Gasteiger charge is 2.49. The lowest BCUT2D eigenvalue weighted by Crippen LogP contribution is -2.31. The predicted octanol–water partition coefficient (Wildman–Crippen LogP) is 5.35. The maximum Gasteiger partial charge on any atom is 0.534 e. The van der Waals surface area contributed by atoms with Crippen molar-refractivity contribution in [3.63, 3.8) is 0 Å². The minimum atomic E-state index is -6.08. The summed E-state index contributed by atoms with van der Waals surface area (Å²) in [6, 6.07) is 5.43. The summed E-state index contributed by atoms with van der Waals surface area (Å²) in [4.78, 5) is 16.0. The van der Waals surface area contributed by atoms with Gasteiger partial charge in [0.25, 0.3) is 0 Å². The minimum absolute atomic E-state index is 0.0408. The van der Waals surface area contributed by atoms with Crippen LogP contribution in [0.25, 0.3) is 15.6 Å². The van der Waals surface area contributed by atoms with Crippen LogP contribution in [0.3, 0.4) is 0 Å². The highest BCUT2D eigenvalue weighted by Crippen LogP contribution is 2.43. The van der Waals surface area contributed by atoms with E-state index in [2.05, 4.69) is 9.03 Å². The second-order valence-electron chi connectivity index (χ2n) is 7.80. The Balaban J connectivity index is 2.92. The molecule has 7 nitrogen and oxygen atoms in total. The molecule has 0 spiro atoms. The lowest BCUT2D eigenvalue weighted by Gasteiger charge is -2.29. The molecule has 0 radical (unpaired) electrons. The van der Waals surface area contributed by atoms with Gasteiger partial charge >= 0.3 is 21.6 Å². The summed E-state index contributed by atoms with van der Waals surface area (Å²) in [5.41, 5.74) is -6.47. The number of esters is 1. The quantitative estimate of drug-likeness (QED) is 0.244. The van der Waals surface area contributed by atoms with Gasteiger partial charge in [0.05, 0.1) is 18.8 Å². The van der Waals surface area contributed by atoms with Crippen molar-refractivity contribution in [2.24, 2.45) is 0 Å². The number of rotatable bonds is 6. The largest absolute Gasteiger partial charge is 0.534 e. The molecule has 0 saturated carbocycles. The van der Waals surface area contributed by atoms with Gasteiger partial charge in [-0.05, 0) is 51.6 Å². The molecule has 174 valence electrons. The first-order valence-electron chi connectivity index (χ1n) is 9.41. The number of nitrogens with zero attached hydrogens (tertiary/aromatic N) is 1. The molecule has 0 unspecified atom stereocenters. The lowest BCUT2D eigenvalue weighted by atomic mass is 9.95. The van der Waals surface area contributed by atoms with Gasteiger partial charge in [0.2, 0.25) is 0 Å². The van der Waals surface area contributed by atoms with E-state index in [4.69, 9.17) is 16.0 Å². The summed E-state index contributed by atoms with van der Waals surface area (Å²) >= 11 is 0. The molecule has 0 saturated heterocycles. The van der Waals surface area contributed by atoms with Crippen LogP contribution in [0, 0.1) is 13.5 Å². The molecule has 0 aromatic heterocycles. The zero-order valence-corrected chi connectivity index (χ0v) is 18.8. The van der Waals surface area contributed by atoms with Crippen molar-refractivity contribution >= 4 is 32.5 Å². The molecule has 0 N–H and O–H groups in total. The van der Waals surface area contributed by atoms with Gasteiger partial charge in [-0.1, -0.05) is 18.2 Å². The second kappa shape index (κ2) is 8.96. The van der Waals surface area contributed by atoms with Crippen LogP contribution in [0.1, 0.15) is 44.9 Å². The van der Waals surface area contributed by atoms with Crippen molar-refractivity contribution < 1.29 is 40.0 Å². The zero-order valence-electron chi connectivity index (χ0n) is 18.0. The van der Waals surface area contributed by atoms with E-state index < -0.39 is 39.1 Å². The zero-order chi connectivity index (χ0) is 24.5. The molecule has 0 amide bonds. The van der Waals surface area contributed by atoms with Crippen LogP contribution in [0.4, 0.5) is 18.9 Å². The molecule has 2 aromatic rings. The van der Waals surface area contributed by atoms with Crippen LogP contribution in [0.5, 0.6) is 5.75 Å². The summed E-state index contributed by atoms with van der Waals surface area (Å²) in [6.07, 6.45) is -1.57. The van der Waals surface area contributed by atoms with Crippen molar-refractivity contribution in [1.82, 2.24) is 0 Å². The third-order valence-electron chi connectivity index (χ3n) is 4.16. The van der Waals surface area contributed by atoms with Crippen molar-refractivity contribution in [2.75, 3.05) is 6.61 Å². The van der Waals surface area contributed by atoms with E-state index in [0.717, 1.165) is 0 Å². The summed E-state index contributed by atoms with van der Waals surface area (Å²) in [6.45, 7) is 14.9.